The van der Waals surface area contributed by atoms with Crippen LogP contribution in [0.25, 0.3) is 0 Å². The molecule has 12 unspecified atom stereocenters. The number of fused-ring (bicyclic) bond motifs is 4. The molecule has 8 aliphatic rings. The summed E-state index contributed by atoms with van der Waals surface area (Å²) in [6.07, 6.45) is 15.2. The van der Waals surface area contributed by atoms with E-state index < -0.39 is 0 Å². The summed E-state index contributed by atoms with van der Waals surface area (Å²) < 4.78 is 0. The van der Waals surface area contributed by atoms with E-state index in [1.807, 2.05) is 0 Å². The number of amidine groups is 1. The molecule has 4 aliphatic heterocycles. The van der Waals surface area contributed by atoms with Gasteiger partial charge in [0.05, 0.1) is 12.1 Å². The average Bonchev–Trinajstić information content (AvgIpc) is 3.29. The van der Waals surface area contributed by atoms with Crippen molar-refractivity contribution in [3.8, 4) is 0 Å². The minimum absolute atomic E-state index is 0.469. The van der Waals surface area contributed by atoms with Gasteiger partial charge < -0.3 is 4.90 Å². The molecule has 0 aromatic heterocycles. The van der Waals surface area contributed by atoms with Gasteiger partial charge in [-0.3, -0.25) is 4.99 Å². The molecule has 31 heavy (non-hydrogen) atoms. The average molecular weight is 437 g/mol. The number of thioether (sulfide) groups is 1. The van der Waals surface area contributed by atoms with Crippen LogP contribution in [-0.2, 0) is 0 Å². The van der Waals surface area contributed by atoms with Gasteiger partial charge in [0.15, 0.2) is 11.9 Å². The van der Waals surface area contributed by atoms with Crippen LogP contribution in [0.3, 0.4) is 0 Å². The zero-order valence-corrected chi connectivity index (χ0v) is 20.7. The minimum Gasteiger partial charge on any atom is -0.344 e. The highest BCUT2D eigenvalue weighted by Gasteiger charge is 2.70. The van der Waals surface area contributed by atoms with Gasteiger partial charge in [0.1, 0.15) is 0 Å². The molecular weight excluding hydrogens is 395 g/mol. The van der Waals surface area contributed by atoms with Crippen LogP contribution < -0.4 is 0 Å². The van der Waals surface area contributed by atoms with Gasteiger partial charge in [0, 0.05) is 11.3 Å². The molecule has 4 heterocycles. The molecule has 4 aliphatic carbocycles. The molecule has 7 fully saturated rings. The molecule has 12 atom stereocenters. The molecule has 0 amide bonds. The first-order valence-corrected chi connectivity index (χ1v) is 14.9. The Kier molecular flexibility index (Phi) is 3.91. The van der Waals surface area contributed by atoms with Gasteiger partial charge in [-0.25, -0.2) is 0 Å². The highest BCUT2D eigenvalue weighted by atomic mass is 32.2. The summed E-state index contributed by atoms with van der Waals surface area (Å²) in [4.78, 5) is 8.62. The largest absolute Gasteiger partial charge is 0.344 e. The van der Waals surface area contributed by atoms with Crippen LogP contribution in [0, 0.1) is 35.0 Å². The molecule has 0 radical (unpaired) electrons. The number of rotatable bonds is 0. The molecule has 0 aromatic rings. The quantitative estimate of drug-likeness (QED) is 0.398. The van der Waals surface area contributed by atoms with Crippen LogP contribution in [0.2, 0.25) is 17.5 Å². The summed E-state index contributed by atoms with van der Waals surface area (Å²) >= 11 is 2.28. The Morgan fingerprint density at radius 1 is 0.903 bits per heavy atom. The molecule has 0 spiro atoms. The molecule has 0 N–H and O–H groups in total. The molecule has 0 aromatic carbocycles. The van der Waals surface area contributed by atoms with Crippen LogP contribution in [0.1, 0.15) is 85.0 Å². The van der Waals surface area contributed by atoms with Gasteiger partial charge >= 0.3 is 0 Å². The predicted octanol–water partition coefficient (Wildman–Crippen LogP) is 6.59. The number of nitrogens with zero attached hydrogens (tertiary/aromatic N) is 2. The van der Waals surface area contributed by atoms with Gasteiger partial charge in [-0.2, -0.15) is 0 Å². The van der Waals surface area contributed by atoms with Crippen LogP contribution in [0.15, 0.2) is 4.99 Å². The summed E-state index contributed by atoms with van der Waals surface area (Å²) in [6, 6.07) is 2.35. The first-order valence-electron chi connectivity index (χ1n) is 14.0. The van der Waals surface area contributed by atoms with Gasteiger partial charge in [0.25, 0.3) is 0 Å². The third-order valence-electron chi connectivity index (χ3n) is 12.3. The van der Waals surface area contributed by atoms with Crippen molar-refractivity contribution < 1.29 is 0 Å². The maximum absolute atomic E-state index is 5.55. The monoisotopic (exact) mass is 436 g/mol. The fraction of sp³-hybridized carbons (Fsp3) is 0.963. The second-order valence-corrected chi connectivity index (χ2v) is 15.4. The van der Waals surface area contributed by atoms with Gasteiger partial charge in [-0.05, 0) is 72.3 Å². The van der Waals surface area contributed by atoms with Gasteiger partial charge in [0.2, 0.25) is 0 Å². The van der Waals surface area contributed by atoms with Crippen LogP contribution >= 0.6 is 11.8 Å². The second kappa shape index (κ2) is 6.31. The van der Waals surface area contributed by atoms with Crippen molar-refractivity contribution in [3.63, 3.8) is 0 Å². The van der Waals surface area contributed by atoms with E-state index in [0.717, 1.165) is 71.1 Å². The van der Waals surface area contributed by atoms with Crippen molar-refractivity contribution in [1.29, 1.82) is 0 Å². The van der Waals surface area contributed by atoms with Gasteiger partial charge in [-0.15, -0.1) is 0 Å². The highest BCUT2D eigenvalue weighted by molar-refractivity contribution is 8.14. The van der Waals surface area contributed by atoms with E-state index in [0.29, 0.717) is 11.5 Å². The summed E-state index contributed by atoms with van der Waals surface area (Å²) in [5, 5.41) is 2.40. The van der Waals surface area contributed by atoms with Crippen molar-refractivity contribution in [2.24, 2.45) is 40.0 Å². The summed E-state index contributed by atoms with van der Waals surface area (Å²) in [6.45, 7) is 8.61. The van der Waals surface area contributed by atoms with E-state index in [9.17, 15) is 0 Å². The first kappa shape index (κ1) is 19.2. The lowest BCUT2D eigenvalue weighted by Gasteiger charge is -2.64. The lowest BCUT2D eigenvalue weighted by atomic mass is 9.23. The Bertz CT molecular complexity index is 821. The Balaban J connectivity index is 1.23. The predicted molar refractivity (Wildman–Crippen MR) is 132 cm³/mol. The Labute approximate surface area is 194 Å². The molecule has 4 heteroatoms. The van der Waals surface area contributed by atoms with E-state index in [1.54, 1.807) is 25.7 Å². The molecular formula is C27H41BN2S. The van der Waals surface area contributed by atoms with Crippen molar-refractivity contribution in [3.05, 3.63) is 0 Å². The Hall–Kier alpha value is -0.115. The SMILES string of the molecule is CC(C)(C)C1CC2CCC3B4C5CCCCC5C5CCC6N=C7SC(C1)C2C3N7C6C45. The van der Waals surface area contributed by atoms with E-state index in [1.165, 1.54) is 43.7 Å². The zero-order chi connectivity index (χ0) is 20.6. The van der Waals surface area contributed by atoms with E-state index in [4.69, 9.17) is 4.99 Å². The lowest BCUT2D eigenvalue weighted by Crippen LogP contribution is -2.69. The summed E-state index contributed by atoms with van der Waals surface area (Å²) in [5.74, 6) is 8.14. The molecule has 0 bridgehead atoms. The zero-order valence-electron chi connectivity index (χ0n) is 19.9. The smallest absolute Gasteiger partial charge is 0.160 e. The topological polar surface area (TPSA) is 15.6 Å². The molecule has 8 rings (SSSR count). The van der Waals surface area contributed by atoms with E-state index in [2.05, 4.69) is 37.4 Å². The highest BCUT2D eigenvalue weighted by Crippen LogP contribution is 2.71. The number of hydrogen-bond donors (Lipinski definition) is 0. The summed E-state index contributed by atoms with van der Waals surface area (Å²) in [5.41, 5.74) is 0.469. The Morgan fingerprint density at radius 2 is 1.77 bits per heavy atom. The second-order valence-electron chi connectivity index (χ2n) is 14.1. The van der Waals surface area contributed by atoms with Crippen LogP contribution in [-0.4, -0.2) is 40.2 Å². The maximum atomic E-state index is 5.55. The normalized spacial score (nSPS) is 56.2. The van der Waals surface area contributed by atoms with Crippen molar-refractivity contribution >= 4 is 23.6 Å². The van der Waals surface area contributed by atoms with Crippen LogP contribution in [0.5, 0.6) is 0 Å². The molecule has 4 saturated carbocycles. The first-order chi connectivity index (χ1) is 15.0. The number of hydrogen-bond acceptors (Lipinski definition) is 3. The Morgan fingerprint density at radius 3 is 2.65 bits per heavy atom. The van der Waals surface area contributed by atoms with Crippen molar-refractivity contribution in [2.75, 3.05) is 0 Å². The van der Waals surface area contributed by atoms with Gasteiger partial charge in [-0.1, -0.05) is 76.9 Å². The van der Waals surface area contributed by atoms with Crippen molar-refractivity contribution in [1.82, 2.24) is 4.90 Å². The fourth-order valence-corrected chi connectivity index (χ4v) is 13.1. The maximum Gasteiger partial charge on any atom is 0.160 e. The fourth-order valence-electron chi connectivity index (χ4n) is 11.4. The van der Waals surface area contributed by atoms with E-state index >= 15 is 0 Å². The lowest BCUT2D eigenvalue weighted by molar-refractivity contribution is 0.00278. The standard InChI is InChI=1S/C27H41BN2S/c1-27(2,3)15-12-14-8-10-19-24-22(14)21(13-15)31-26-29-20-11-9-17-16-6-4-5-7-18(16)28(19)23(17)25(20)30(24)26/h14-25H,4-13H2,1-3H3. The molecule has 3 saturated heterocycles. The molecule has 168 valence electrons. The number of aliphatic imine (C=N–C) groups is 1. The third kappa shape index (κ3) is 2.38. The summed E-state index contributed by atoms with van der Waals surface area (Å²) in [7, 11) is 0. The van der Waals surface area contributed by atoms with Crippen molar-refractivity contribution in [2.45, 2.75) is 126 Å². The van der Waals surface area contributed by atoms with Crippen LogP contribution in [0.4, 0.5) is 0 Å². The molecule has 2 nitrogen and oxygen atoms in total. The minimum atomic E-state index is 0.469. The van der Waals surface area contributed by atoms with E-state index in [-0.39, 0.29) is 0 Å². The third-order valence-corrected chi connectivity index (χ3v) is 13.7.